The lowest BCUT2D eigenvalue weighted by Gasteiger charge is -2.59. The highest BCUT2D eigenvalue weighted by Crippen LogP contribution is 2.67. The molecular formula is C57H94O28S. The summed E-state index contributed by atoms with van der Waals surface area (Å²) in [7, 11) is -4.89. The van der Waals surface area contributed by atoms with E-state index < -0.39 is 201 Å². The highest BCUT2D eigenvalue weighted by molar-refractivity contribution is 7.80. The van der Waals surface area contributed by atoms with Crippen molar-refractivity contribution in [2.24, 2.45) is 46.3 Å². The topological polar surface area (TPSA) is 436 Å². The minimum absolute atomic E-state index is 0.0810. The second-order valence-electron chi connectivity index (χ2n) is 26.8. The second-order valence-corrected chi connectivity index (χ2v) is 27.9. The second kappa shape index (κ2) is 27.1. The molecule has 0 bridgehead atoms. The summed E-state index contributed by atoms with van der Waals surface area (Å²) in [6, 6.07) is 0. The van der Waals surface area contributed by atoms with Gasteiger partial charge in [-0.1, -0.05) is 46.3 Å². The SMILES string of the molecule is CC(C)CC(=O)CC(C)C1CCC2C3CC(OC4OC(CO)C(O)C(OC5OC(C)C(OC6OC(CO)C(O)C(O)C6OC6OC(C)C(O)C(O)C6O)C(O)C5OC5OC(C)C(O)C(O)C5O)C4O)C4CC(OS(=O)(=O)O)CCC4(C)C3=CCC12C. The van der Waals surface area contributed by atoms with Crippen molar-refractivity contribution in [3.63, 3.8) is 0 Å². The molecule has 5 saturated heterocycles. The van der Waals surface area contributed by atoms with Crippen molar-refractivity contribution in [3.8, 4) is 0 Å². The third kappa shape index (κ3) is 13.6. The molecule has 4 aliphatic carbocycles. The first-order valence-corrected chi connectivity index (χ1v) is 31.8. The first-order valence-electron chi connectivity index (χ1n) is 30.4. The fourth-order valence-corrected chi connectivity index (χ4v) is 16.6. The Bertz CT molecular complexity index is 2430. The standard InChI is InChI=1S/C57H94O28S/c1-21(2)15-26(60)16-22(3)29-9-10-30-28-18-33(32-17-27(85-86(72,73)74)11-13-57(32,8)31(28)12-14-56(29,30)7)78-53-46(71)48(39(64)35(20-59)79-53)82-54-50(84-52-44(69)41(66)37(62)24(5)76-52)45(70)47(25(6)77-54)81-55-49(42(67)38(63)34(19-58)80-55)83-51-43(68)40(65)36(61)23(4)75-51/h12,21-25,27-30,32-55,58-59,61-71H,9-11,13-20H2,1-8H3,(H,72,73,74). The van der Waals surface area contributed by atoms with Gasteiger partial charge in [0.2, 0.25) is 0 Å². The van der Waals surface area contributed by atoms with Gasteiger partial charge in [-0.2, -0.15) is 8.42 Å². The molecule has 34 unspecified atom stereocenters. The predicted molar refractivity (Wildman–Crippen MR) is 290 cm³/mol. The van der Waals surface area contributed by atoms with E-state index in [2.05, 4.69) is 26.8 Å². The molecular weight excluding hydrogens is 1160 g/mol. The Morgan fingerprint density at radius 2 is 1.09 bits per heavy atom. The van der Waals surface area contributed by atoms with Crippen molar-refractivity contribution in [2.45, 2.75) is 279 Å². The number of aliphatic hydroxyl groups excluding tert-OH is 13. The van der Waals surface area contributed by atoms with Crippen molar-refractivity contribution in [2.75, 3.05) is 13.2 Å². The average molecular weight is 1260 g/mol. The maximum Gasteiger partial charge on any atom is 0.397 e. The molecule has 9 rings (SSSR count). The van der Waals surface area contributed by atoms with Crippen LogP contribution in [-0.4, -0.2) is 264 Å². The summed E-state index contributed by atoms with van der Waals surface area (Å²) >= 11 is 0. The van der Waals surface area contributed by atoms with Gasteiger partial charge >= 0.3 is 10.4 Å². The molecule has 0 amide bonds. The number of hydrogen-bond donors (Lipinski definition) is 14. The van der Waals surface area contributed by atoms with Crippen molar-refractivity contribution in [1.29, 1.82) is 0 Å². The average Bonchev–Trinajstić information content (AvgIpc) is 1.29. The largest absolute Gasteiger partial charge is 0.397 e. The van der Waals surface area contributed by atoms with Crippen molar-refractivity contribution >= 4 is 16.2 Å². The van der Waals surface area contributed by atoms with E-state index in [0.717, 1.165) is 19.3 Å². The Kier molecular flexibility index (Phi) is 21.7. The number of rotatable bonds is 19. The fraction of sp³-hybridized carbons (Fsp3) is 0.947. The minimum atomic E-state index is -4.89. The van der Waals surface area contributed by atoms with Crippen molar-refractivity contribution < 1.29 is 136 Å². The van der Waals surface area contributed by atoms with Gasteiger partial charge < -0.3 is 114 Å². The molecule has 5 heterocycles. The molecule has 14 N–H and O–H groups in total. The van der Waals surface area contributed by atoms with E-state index in [9.17, 15) is 84.1 Å². The number of carbonyl (C=O) groups is 1. The molecule has 29 heteroatoms. The van der Waals surface area contributed by atoms with Crippen molar-refractivity contribution in [3.05, 3.63) is 11.6 Å². The Morgan fingerprint density at radius 1 is 0.570 bits per heavy atom. The van der Waals surface area contributed by atoms with Crippen LogP contribution in [0.15, 0.2) is 11.6 Å². The molecule has 5 aliphatic heterocycles. The van der Waals surface area contributed by atoms with Gasteiger partial charge in [-0.25, -0.2) is 4.18 Å². The van der Waals surface area contributed by atoms with E-state index in [0.29, 0.717) is 25.7 Å². The fourth-order valence-electron chi connectivity index (χ4n) is 16.0. The molecule has 0 aromatic carbocycles. The van der Waals surface area contributed by atoms with Crippen LogP contribution in [-0.2, 0) is 66.7 Å². The van der Waals surface area contributed by atoms with Gasteiger partial charge in [-0.3, -0.25) is 9.35 Å². The van der Waals surface area contributed by atoms with Crippen LogP contribution in [0.3, 0.4) is 0 Å². The van der Waals surface area contributed by atoms with E-state index in [1.165, 1.54) is 26.3 Å². The molecule has 0 aromatic rings. The Balaban J connectivity index is 1.00. The maximum atomic E-state index is 13.2. The van der Waals surface area contributed by atoms with Crippen LogP contribution in [0.4, 0.5) is 0 Å². The van der Waals surface area contributed by atoms with Gasteiger partial charge in [0.15, 0.2) is 31.5 Å². The van der Waals surface area contributed by atoms with Crippen molar-refractivity contribution in [1.82, 2.24) is 0 Å². The lowest BCUT2D eigenvalue weighted by Crippen LogP contribution is -2.68. The zero-order valence-electron chi connectivity index (χ0n) is 49.8. The first kappa shape index (κ1) is 68.7. The molecule has 0 radical (unpaired) electrons. The number of fused-ring (bicyclic) bond motifs is 5. The molecule has 34 atom stereocenters. The lowest BCUT2D eigenvalue weighted by molar-refractivity contribution is -0.407. The van der Waals surface area contributed by atoms with E-state index in [4.69, 9.17) is 51.6 Å². The quantitative estimate of drug-likeness (QED) is 0.0472. The Labute approximate surface area is 500 Å². The molecule has 3 saturated carbocycles. The summed E-state index contributed by atoms with van der Waals surface area (Å²) in [5.41, 5.74) is 0.360. The number of Topliss-reactive ketones (excluding diaryl/α,β-unsaturated/α-hetero) is 1. The molecule has 28 nitrogen and oxygen atoms in total. The van der Waals surface area contributed by atoms with Gasteiger partial charge in [0.1, 0.15) is 110 Å². The number of aliphatic hydroxyl groups is 13. The van der Waals surface area contributed by atoms with E-state index >= 15 is 0 Å². The van der Waals surface area contributed by atoms with Crippen LogP contribution < -0.4 is 0 Å². The molecule has 0 aromatic heterocycles. The van der Waals surface area contributed by atoms with Crippen LogP contribution in [0.25, 0.3) is 0 Å². The molecule has 8 fully saturated rings. The number of ketones is 1. The van der Waals surface area contributed by atoms with Crippen LogP contribution in [0.1, 0.15) is 113 Å². The van der Waals surface area contributed by atoms with E-state index in [1.807, 2.05) is 13.8 Å². The summed E-state index contributed by atoms with van der Waals surface area (Å²) in [4.78, 5) is 13.2. The zero-order chi connectivity index (χ0) is 63.0. The van der Waals surface area contributed by atoms with Gasteiger partial charge in [0, 0.05) is 12.8 Å². The van der Waals surface area contributed by atoms with E-state index in [1.54, 1.807) is 0 Å². The molecule has 496 valence electrons. The van der Waals surface area contributed by atoms with Crippen LogP contribution in [0.5, 0.6) is 0 Å². The van der Waals surface area contributed by atoms with E-state index in [-0.39, 0.29) is 53.6 Å². The van der Waals surface area contributed by atoms with Crippen LogP contribution >= 0.6 is 0 Å². The molecule has 0 spiro atoms. The van der Waals surface area contributed by atoms with Gasteiger partial charge in [-0.05, 0) is 112 Å². The van der Waals surface area contributed by atoms with Crippen LogP contribution in [0, 0.1) is 46.3 Å². The molecule has 9 aliphatic rings. The van der Waals surface area contributed by atoms with Gasteiger partial charge in [0.25, 0.3) is 0 Å². The predicted octanol–water partition coefficient (Wildman–Crippen LogP) is -2.43. The summed E-state index contributed by atoms with van der Waals surface area (Å²) in [6.07, 6.45) is -38.7. The number of ether oxygens (including phenoxy) is 10. The first-order chi connectivity index (χ1) is 40.3. The smallest absolute Gasteiger partial charge is 0.394 e. The van der Waals surface area contributed by atoms with Crippen LogP contribution in [0.2, 0.25) is 0 Å². The number of carbonyl (C=O) groups excluding carboxylic acids is 1. The zero-order valence-corrected chi connectivity index (χ0v) is 50.6. The summed E-state index contributed by atoms with van der Waals surface area (Å²) in [5, 5.41) is 145. The Hall–Kier alpha value is -1.64. The highest BCUT2D eigenvalue weighted by atomic mass is 32.3. The molecule has 86 heavy (non-hydrogen) atoms. The Morgan fingerprint density at radius 3 is 1.67 bits per heavy atom. The maximum absolute atomic E-state index is 13.2. The lowest BCUT2D eigenvalue weighted by atomic mass is 9.47. The normalized spacial score (nSPS) is 51.3. The third-order valence-electron chi connectivity index (χ3n) is 20.7. The summed E-state index contributed by atoms with van der Waals surface area (Å²) < 4.78 is 101. The summed E-state index contributed by atoms with van der Waals surface area (Å²) in [6.45, 7) is 12.9. The third-order valence-corrected chi connectivity index (χ3v) is 21.2. The van der Waals surface area contributed by atoms with Gasteiger partial charge in [0.05, 0.1) is 43.7 Å². The highest BCUT2D eigenvalue weighted by Gasteiger charge is 2.63. The summed E-state index contributed by atoms with van der Waals surface area (Å²) in [5.74, 6) is 0.340. The number of allylic oxidation sites excluding steroid dienone is 2. The monoisotopic (exact) mass is 1260 g/mol. The van der Waals surface area contributed by atoms with Gasteiger partial charge in [-0.15, -0.1) is 0 Å². The minimum Gasteiger partial charge on any atom is -0.394 e. The number of hydrogen-bond acceptors (Lipinski definition) is 27.